The Kier molecular flexibility index (Phi) is 3.56. The third-order valence-corrected chi connectivity index (χ3v) is 7.09. The minimum Gasteiger partial charge on any atom is -0.376 e. The molecule has 0 bridgehead atoms. The highest BCUT2D eigenvalue weighted by Crippen LogP contribution is 2.44. The fourth-order valence-electron chi connectivity index (χ4n) is 3.38. The van der Waals surface area contributed by atoms with Crippen molar-refractivity contribution in [1.82, 2.24) is 9.88 Å². The van der Waals surface area contributed by atoms with Crippen molar-refractivity contribution in [3.63, 3.8) is 0 Å². The van der Waals surface area contributed by atoms with Gasteiger partial charge in [-0.2, -0.15) is 0 Å². The van der Waals surface area contributed by atoms with Crippen molar-refractivity contribution < 1.29 is 13.2 Å². The minimum absolute atomic E-state index is 0.125. The van der Waals surface area contributed by atoms with Crippen molar-refractivity contribution in [1.29, 1.82) is 0 Å². The lowest BCUT2D eigenvalue weighted by molar-refractivity contribution is 0.0334. The number of ether oxygens (including phenoxy) is 1. The summed E-state index contributed by atoms with van der Waals surface area (Å²) in [6.07, 6.45) is 4.23. The number of pyridine rings is 1. The van der Waals surface area contributed by atoms with E-state index in [0.717, 1.165) is 12.0 Å². The van der Waals surface area contributed by atoms with Crippen LogP contribution in [0.3, 0.4) is 0 Å². The van der Waals surface area contributed by atoms with Gasteiger partial charge in [0.15, 0.2) is 9.84 Å². The largest absolute Gasteiger partial charge is 0.376 e. The van der Waals surface area contributed by atoms with Gasteiger partial charge in [-0.25, -0.2) is 8.42 Å². The first kappa shape index (κ1) is 14.0. The zero-order chi connectivity index (χ0) is 14.2. The maximum absolute atomic E-state index is 12.3. The third-order valence-electron chi connectivity index (χ3n) is 4.48. The van der Waals surface area contributed by atoms with Crippen LogP contribution in [0.15, 0.2) is 24.5 Å². The number of sulfone groups is 1. The number of aromatic nitrogens is 1. The zero-order valence-corrected chi connectivity index (χ0v) is 12.5. The minimum atomic E-state index is -2.96. The van der Waals surface area contributed by atoms with Crippen LogP contribution in [0.4, 0.5) is 0 Å². The standard InChI is InChI=1S/C14H20N2O3S/c1-16-10-14(11-16)13(4-6-20(14,17)18)9-19-8-12-3-2-5-15-7-12/h2-3,5,7,13H,4,6,8-11H2,1H3. The Balaban J connectivity index is 1.61. The quantitative estimate of drug-likeness (QED) is 0.819. The van der Waals surface area contributed by atoms with Crippen molar-refractivity contribution >= 4 is 9.84 Å². The summed E-state index contributed by atoms with van der Waals surface area (Å²) in [5.41, 5.74) is 1.02. The Hall–Kier alpha value is -0.980. The van der Waals surface area contributed by atoms with Crippen molar-refractivity contribution in [2.45, 2.75) is 17.8 Å². The van der Waals surface area contributed by atoms with E-state index in [0.29, 0.717) is 32.1 Å². The Morgan fingerprint density at radius 2 is 2.30 bits per heavy atom. The number of nitrogens with zero attached hydrogens (tertiary/aromatic N) is 2. The molecule has 110 valence electrons. The van der Waals surface area contributed by atoms with Crippen molar-refractivity contribution in [3.05, 3.63) is 30.1 Å². The van der Waals surface area contributed by atoms with E-state index in [4.69, 9.17) is 4.74 Å². The molecule has 1 aromatic heterocycles. The average Bonchev–Trinajstić information content (AvgIpc) is 2.64. The van der Waals surface area contributed by atoms with E-state index < -0.39 is 14.6 Å². The van der Waals surface area contributed by atoms with E-state index in [2.05, 4.69) is 9.88 Å². The van der Waals surface area contributed by atoms with Crippen LogP contribution < -0.4 is 0 Å². The van der Waals surface area contributed by atoms with Crippen LogP contribution in [0.2, 0.25) is 0 Å². The summed E-state index contributed by atoms with van der Waals surface area (Å²) >= 11 is 0. The summed E-state index contributed by atoms with van der Waals surface area (Å²) in [5, 5.41) is 0. The zero-order valence-electron chi connectivity index (χ0n) is 11.7. The van der Waals surface area contributed by atoms with E-state index in [9.17, 15) is 8.42 Å². The molecule has 0 amide bonds. The molecule has 2 fully saturated rings. The third kappa shape index (κ3) is 2.25. The summed E-state index contributed by atoms with van der Waals surface area (Å²) in [5.74, 6) is 0.433. The monoisotopic (exact) mass is 296 g/mol. The first-order chi connectivity index (χ1) is 9.53. The lowest BCUT2D eigenvalue weighted by atomic mass is 9.84. The lowest BCUT2D eigenvalue weighted by Crippen LogP contribution is -2.66. The van der Waals surface area contributed by atoms with Gasteiger partial charge in [0.05, 0.1) is 19.0 Å². The number of rotatable bonds is 4. The maximum Gasteiger partial charge on any atom is 0.158 e. The molecule has 1 spiro atoms. The van der Waals surface area contributed by atoms with Gasteiger partial charge in [-0.15, -0.1) is 0 Å². The second-order valence-electron chi connectivity index (χ2n) is 5.92. The molecule has 1 aromatic rings. The smallest absolute Gasteiger partial charge is 0.158 e. The summed E-state index contributed by atoms with van der Waals surface area (Å²) in [4.78, 5) is 6.11. The molecule has 2 saturated heterocycles. The fraction of sp³-hybridized carbons (Fsp3) is 0.643. The fourth-order valence-corrected chi connectivity index (χ4v) is 5.91. The first-order valence-corrected chi connectivity index (χ1v) is 8.56. The lowest BCUT2D eigenvalue weighted by Gasteiger charge is -2.48. The molecule has 3 rings (SSSR count). The van der Waals surface area contributed by atoms with E-state index in [1.54, 1.807) is 12.4 Å². The Labute approximate surface area is 119 Å². The molecule has 0 saturated carbocycles. The van der Waals surface area contributed by atoms with Gasteiger partial charge >= 0.3 is 0 Å². The van der Waals surface area contributed by atoms with Gasteiger partial charge in [0.1, 0.15) is 4.75 Å². The summed E-state index contributed by atoms with van der Waals surface area (Å²) in [6.45, 7) is 2.31. The topological polar surface area (TPSA) is 59.5 Å². The van der Waals surface area contributed by atoms with E-state index in [1.807, 2.05) is 19.2 Å². The van der Waals surface area contributed by atoms with Crippen LogP contribution in [0.5, 0.6) is 0 Å². The highest BCUT2D eigenvalue weighted by atomic mass is 32.2. The SMILES string of the molecule is CN1CC2(C1)C(COCc1cccnc1)CCS2(=O)=O. The second-order valence-corrected chi connectivity index (χ2v) is 8.37. The second kappa shape index (κ2) is 5.09. The first-order valence-electron chi connectivity index (χ1n) is 6.91. The van der Waals surface area contributed by atoms with Crippen LogP contribution in [0, 0.1) is 5.92 Å². The van der Waals surface area contributed by atoms with Gasteiger partial charge in [-0.3, -0.25) is 4.98 Å². The number of hydrogen-bond acceptors (Lipinski definition) is 5. The molecule has 0 aromatic carbocycles. The van der Waals surface area contributed by atoms with Crippen molar-refractivity contribution in [3.8, 4) is 0 Å². The highest BCUT2D eigenvalue weighted by Gasteiger charge is 2.60. The van der Waals surface area contributed by atoms with Gasteiger partial charge < -0.3 is 9.64 Å². The molecular formula is C14H20N2O3S. The predicted octanol–water partition coefficient (Wildman–Crippen LogP) is 0.717. The molecular weight excluding hydrogens is 276 g/mol. The van der Waals surface area contributed by atoms with Gasteiger partial charge in [0.25, 0.3) is 0 Å². The van der Waals surface area contributed by atoms with Gasteiger partial charge in [-0.05, 0) is 25.1 Å². The molecule has 3 heterocycles. The average molecular weight is 296 g/mol. The molecule has 2 aliphatic rings. The number of likely N-dealkylation sites (tertiary alicyclic amines) is 1. The highest BCUT2D eigenvalue weighted by molar-refractivity contribution is 7.93. The normalized spacial score (nSPS) is 27.6. The molecule has 0 N–H and O–H groups in total. The molecule has 0 aliphatic carbocycles. The molecule has 1 atom stereocenters. The Morgan fingerprint density at radius 1 is 1.50 bits per heavy atom. The predicted molar refractivity (Wildman–Crippen MR) is 76.0 cm³/mol. The van der Waals surface area contributed by atoms with Crippen LogP contribution >= 0.6 is 0 Å². The van der Waals surface area contributed by atoms with E-state index in [1.165, 1.54) is 0 Å². The van der Waals surface area contributed by atoms with E-state index in [-0.39, 0.29) is 5.92 Å². The molecule has 1 unspecified atom stereocenters. The molecule has 6 heteroatoms. The molecule has 5 nitrogen and oxygen atoms in total. The maximum atomic E-state index is 12.3. The van der Waals surface area contributed by atoms with Gasteiger partial charge in [-0.1, -0.05) is 6.07 Å². The Morgan fingerprint density at radius 3 is 2.95 bits per heavy atom. The summed E-state index contributed by atoms with van der Waals surface area (Å²) < 4.78 is 29.7. The van der Waals surface area contributed by atoms with Crippen molar-refractivity contribution in [2.24, 2.45) is 5.92 Å². The van der Waals surface area contributed by atoms with Crippen LogP contribution in [-0.4, -0.2) is 55.5 Å². The van der Waals surface area contributed by atoms with Gasteiger partial charge in [0, 0.05) is 31.4 Å². The van der Waals surface area contributed by atoms with Crippen LogP contribution in [0.1, 0.15) is 12.0 Å². The molecule has 20 heavy (non-hydrogen) atoms. The van der Waals surface area contributed by atoms with E-state index >= 15 is 0 Å². The van der Waals surface area contributed by atoms with Crippen LogP contribution in [0.25, 0.3) is 0 Å². The Bertz CT molecular complexity index is 567. The summed E-state index contributed by atoms with van der Waals surface area (Å²) in [6, 6.07) is 3.84. The van der Waals surface area contributed by atoms with Gasteiger partial charge in [0.2, 0.25) is 0 Å². The molecule has 2 aliphatic heterocycles. The number of hydrogen-bond donors (Lipinski definition) is 0. The molecule has 0 radical (unpaired) electrons. The van der Waals surface area contributed by atoms with Crippen LogP contribution in [-0.2, 0) is 21.2 Å². The summed E-state index contributed by atoms with van der Waals surface area (Å²) in [7, 11) is -0.996. The van der Waals surface area contributed by atoms with Crippen molar-refractivity contribution in [2.75, 3.05) is 32.5 Å².